The molecule has 41 heavy (non-hydrogen) atoms. The highest BCUT2D eigenvalue weighted by molar-refractivity contribution is 7.99. The smallest absolute Gasteiger partial charge is 0.329 e. The molecule has 1 fully saturated rings. The number of amides is 3. The Morgan fingerprint density at radius 1 is 1.10 bits per heavy atom. The zero-order valence-electron chi connectivity index (χ0n) is 22.1. The Labute approximate surface area is 249 Å². The Bertz CT molecular complexity index is 1600. The molecule has 0 atom stereocenters. The number of hydrogen-bond donors (Lipinski definition) is 4. The van der Waals surface area contributed by atoms with Crippen molar-refractivity contribution in [3.63, 3.8) is 0 Å². The molecule has 1 saturated heterocycles. The summed E-state index contributed by atoms with van der Waals surface area (Å²) in [6.45, 7) is 4.20. The summed E-state index contributed by atoms with van der Waals surface area (Å²) in [5, 5.41) is 9.68. The number of hydrogen-bond acceptors (Lipinski definition) is 9. The minimum absolute atomic E-state index is 0.287. The third-order valence-corrected chi connectivity index (χ3v) is 8.56. The third kappa shape index (κ3) is 7.18. The first-order valence-corrected chi connectivity index (χ1v) is 14.8. The van der Waals surface area contributed by atoms with E-state index in [0.29, 0.717) is 58.5 Å². The zero-order valence-corrected chi connectivity index (χ0v) is 24.5. The lowest BCUT2D eigenvalue weighted by Crippen LogP contribution is -2.41. The summed E-state index contributed by atoms with van der Waals surface area (Å²) in [4.78, 5) is 45.7. The summed E-state index contributed by atoms with van der Waals surface area (Å²) in [6, 6.07) is 11.7. The molecule has 1 aliphatic rings. The molecule has 3 amide bonds. The van der Waals surface area contributed by atoms with E-state index >= 15 is 0 Å². The van der Waals surface area contributed by atoms with Crippen molar-refractivity contribution in [1.82, 2.24) is 24.5 Å². The fraction of sp³-hybridized carbons (Fsp3) is 0.259. The number of rotatable bonds is 9. The maximum atomic E-state index is 13.5. The number of anilines is 2. The lowest BCUT2D eigenvalue weighted by molar-refractivity contribution is 0.0383. The SMILES string of the molecule is CNc1ccc2c(=O)n(-c3ccc(NC(=O)NSc4ccc(Cl)s4)cn3)cc(C(=O)NCCN3CCOCC3)c2c1. The summed E-state index contributed by atoms with van der Waals surface area (Å²) in [5.41, 5.74) is 1.26. The normalized spacial score (nSPS) is 13.6. The second kappa shape index (κ2) is 13.4. The highest BCUT2D eigenvalue weighted by Crippen LogP contribution is 2.28. The highest BCUT2D eigenvalue weighted by Gasteiger charge is 2.18. The fourth-order valence-electron chi connectivity index (χ4n) is 4.30. The van der Waals surface area contributed by atoms with Crippen molar-refractivity contribution >= 4 is 69.0 Å². The maximum Gasteiger partial charge on any atom is 0.329 e. The van der Waals surface area contributed by atoms with Crippen molar-refractivity contribution in [3.8, 4) is 5.82 Å². The van der Waals surface area contributed by atoms with E-state index in [0.717, 1.165) is 34.9 Å². The van der Waals surface area contributed by atoms with Crippen LogP contribution < -0.4 is 26.2 Å². The first-order chi connectivity index (χ1) is 19.9. The Kier molecular flexibility index (Phi) is 9.42. The molecular weight excluding hydrogens is 586 g/mol. The van der Waals surface area contributed by atoms with E-state index < -0.39 is 6.03 Å². The molecule has 4 N–H and O–H groups in total. The molecule has 0 spiro atoms. The lowest BCUT2D eigenvalue weighted by atomic mass is 10.1. The fourth-order valence-corrected chi connectivity index (χ4v) is 6.16. The van der Waals surface area contributed by atoms with Gasteiger partial charge >= 0.3 is 6.03 Å². The maximum absolute atomic E-state index is 13.5. The van der Waals surface area contributed by atoms with Gasteiger partial charge in [-0.3, -0.25) is 23.8 Å². The Hall–Kier alpha value is -3.62. The van der Waals surface area contributed by atoms with Gasteiger partial charge in [0.2, 0.25) is 0 Å². The highest BCUT2D eigenvalue weighted by atomic mass is 35.5. The molecule has 0 saturated carbocycles. The number of aromatic nitrogens is 2. The van der Waals surface area contributed by atoms with E-state index in [-0.39, 0.29) is 11.5 Å². The van der Waals surface area contributed by atoms with Gasteiger partial charge in [-0.2, -0.15) is 0 Å². The van der Waals surface area contributed by atoms with Gasteiger partial charge in [0.1, 0.15) is 5.82 Å². The van der Waals surface area contributed by atoms with Crippen LogP contribution in [-0.4, -0.2) is 72.8 Å². The molecule has 1 aliphatic heterocycles. The van der Waals surface area contributed by atoms with Gasteiger partial charge in [0.15, 0.2) is 0 Å². The van der Waals surface area contributed by atoms with E-state index in [4.69, 9.17) is 16.3 Å². The minimum Gasteiger partial charge on any atom is -0.388 e. The second-order valence-corrected chi connectivity index (χ2v) is 11.9. The summed E-state index contributed by atoms with van der Waals surface area (Å²) in [7, 11) is 1.78. The zero-order chi connectivity index (χ0) is 28.8. The molecular formula is C27H28ClN7O4S2. The van der Waals surface area contributed by atoms with Gasteiger partial charge in [0.05, 0.1) is 39.2 Å². The summed E-state index contributed by atoms with van der Waals surface area (Å²) >= 11 is 8.42. The average molecular weight is 614 g/mol. The lowest BCUT2D eigenvalue weighted by Gasteiger charge is -2.26. The molecule has 5 rings (SSSR count). The van der Waals surface area contributed by atoms with E-state index in [1.807, 2.05) is 6.07 Å². The molecule has 1 aromatic carbocycles. The molecule has 0 radical (unpaired) electrons. The van der Waals surface area contributed by atoms with Crippen molar-refractivity contribution in [2.24, 2.45) is 0 Å². The summed E-state index contributed by atoms with van der Waals surface area (Å²) < 4.78 is 10.9. The van der Waals surface area contributed by atoms with Crippen LogP contribution in [0, 0.1) is 0 Å². The first-order valence-electron chi connectivity index (χ1n) is 12.8. The molecule has 0 unspecified atom stereocenters. The number of morpholine rings is 1. The molecule has 4 aromatic rings. The second-order valence-electron chi connectivity index (χ2n) is 9.06. The Morgan fingerprint density at radius 2 is 1.90 bits per heavy atom. The van der Waals surface area contributed by atoms with E-state index in [1.54, 1.807) is 43.4 Å². The van der Waals surface area contributed by atoms with Gasteiger partial charge in [-0.05, 0) is 54.4 Å². The van der Waals surface area contributed by atoms with Crippen LogP contribution in [0.25, 0.3) is 16.6 Å². The van der Waals surface area contributed by atoms with Crippen LogP contribution in [0.5, 0.6) is 0 Å². The van der Waals surface area contributed by atoms with E-state index in [1.165, 1.54) is 28.3 Å². The van der Waals surface area contributed by atoms with Gasteiger partial charge < -0.3 is 20.7 Å². The summed E-state index contributed by atoms with van der Waals surface area (Å²) in [5.74, 6) is 0.0234. The standard InChI is InChI=1S/C27H28ClN7O4S2/c1-29-17-2-4-19-20(14-17)21(25(36)30-8-9-34-10-12-39-13-11-34)16-35(26(19)37)23-6-3-18(15-31-23)32-27(38)33-41-24-7-5-22(28)40-24/h2-7,14-16,29H,8-13H2,1H3,(H,30,36)(H2,32,33,38). The number of nitrogens with one attached hydrogen (secondary N) is 4. The van der Waals surface area contributed by atoms with E-state index in [2.05, 4.69) is 30.6 Å². The van der Waals surface area contributed by atoms with Crippen LogP contribution >= 0.6 is 34.9 Å². The number of halogens is 1. The minimum atomic E-state index is -0.437. The number of benzene rings is 1. The number of fused-ring (bicyclic) bond motifs is 1. The predicted molar refractivity (Wildman–Crippen MR) is 164 cm³/mol. The molecule has 11 nitrogen and oxygen atoms in total. The van der Waals surface area contributed by atoms with Crippen LogP contribution in [-0.2, 0) is 4.74 Å². The molecule has 0 bridgehead atoms. The Morgan fingerprint density at radius 3 is 2.61 bits per heavy atom. The molecule has 4 heterocycles. The van der Waals surface area contributed by atoms with Crippen molar-refractivity contribution in [1.29, 1.82) is 0 Å². The van der Waals surface area contributed by atoms with Crippen LogP contribution in [0.1, 0.15) is 10.4 Å². The molecule has 214 valence electrons. The number of pyridine rings is 2. The van der Waals surface area contributed by atoms with Gasteiger partial charge in [0.25, 0.3) is 11.5 Å². The monoisotopic (exact) mass is 613 g/mol. The largest absolute Gasteiger partial charge is 0.388 e. The molecule has 14 heteroatoms. The first kappa shape index (κ1) is 28.9. The number of nitrogens with zero attached hydrogens (tertiary/aromatic N) is 3. The van der Waals surface area contributed by atoms with Gasteiger partial charge in [-0.25, -0.2) is 9.78 Å². The van der Waals surface area contributed by atoms with Crippen molar-refractivity contribution in [2.75, 3.05) is 57.1 Å². The van der Waals surface area contributed by atoms with Crippen LogP contribution in [0.15, 0.2) is 63.9 Å². The van der Waals surface area contributed by atoms with Gasteiger partial charge in [0, 0.05) is 55.9 Å². The van der Waals surface area contributed by atoms with Crippen LogP contribution in [0.3, 0.4) is 0 Å². The van der Waals surface area contributed by atoms with Crippen LogP contribution in [0.4, 0.5) is 16.2 Å². The molecule has 0 aliphatic carbocycles. The summed E-state index contributed by atoms with van der Waals surface area (Å²) in [6.07, 6.45) is 2.96. The quantitative estimate of drug-likeness (QED) is 0.208. The number of thiophene rings is 1. The van der Waals surface area contributed by atoms with Crippen molar-refractivity contribution < 1.29 is 14.3 Å². The number of ether oxygens (including phenoxy) is 1. The number of urea groups is 1. The van der Waals surface area contributed by atoms with E-state index in [9.17, 15) is 14.4 Å². The molecule has 3 aromatic heterocycles. The van der Waals surface area contributed by atoms with Crippen molar-refractivity contribution in [2.45, 2.75) is 4.21 Å². The number of carbonyl (C=O) groups excluding carboxylic acids is 2. The average Bonchev–Trinajstić information content (AvgIpc) is 3.42. The van der Waals surface area contributed by atoms with Crippen LogP contribution in [0.2, 0.25) is 4.34 Å². The topological polar surface area (TPSA) is 130 Å². The third-order valence-electron chi connectivity index (χ3n) is 6.41. The van der Waals surface area contributed by atoms with Gasteiger partial charge in [-0.1, -0.05) is 11.6 Å². The van der Waals surface area contributed by atoms with Crippen molar-refractivity contribution in [3.05, 3.63) is 75.1 Å². The Balaban J connectivity index is 1.34. The number of carbonyl (C=O) groups is 2. The predicted octanol–water partition coefficient (Wildman–Crippen LogP) is 4.03. The van der Waals surface area contributed by atoms with Gasteiger partial charge in [-0.15, -0.1) is 11.3 Å².